The van der Waals surface area contributed by atoms with Gasteiger partial charge in [-0.2, -0.15) is 0 Å². The molecule has 0 bridgehead atoms. The van der Waals surface area contributed by atoms with Crippen LogP contribution in [0.5, 0.6) is 0 Å². The first kappa shape index (κ1) is 27.3. The van der Waals surface area contributed by atoms with E-state index in [-0.39, 0.29) is 43.4 Å². The zero-order chi connectivity index (χ0) is 26.7. The molecule has 0 spiro atoms. The van der Waals surface area contributed by atoms with E-state index in [0.29, 0.717) is 6.42 Å². The lowest BCUT2D eigenvalue weighted by molar-refractivity contribution is -0.160. The van der Waals surface area contributed by atoms with Crippen LogP contribution >= 0.6 is 0 Å². The van der Waals surface area contributed by atoms with Crippen LogP contribution in [0, 0.1) is 11.3 Å². The van der Waals surface area contributed by atoms with Crippen LogP contribution < -0.4 is 10.6 Å². The smallest absolute Gasteiger partial charge is 0.411 e. The van der Waals surface area contributed by atoms with Crippen molar-refractivity contribution in [3.8, 4) is 0 Å². The maximum absolute atomic E-state index is 13.3. The standard InChI is InChI=1S/C26H37N3O7/c1-25(2,3)36-24(33)29-14-17(27-23(32)35-15-16-10-8-7-9-11-16)12-19(29)21(30)28-20-13-18(22(31)34-6)26(20,4)5/h7-11,17-20H,12-15H2,1-6H3,(H,27,32)(H,28,30)/t17-,18-,19-,20-/m0/s1. The maximum Gasteiger partial charge on any atom is 0.411 e. The van der Waals surface area contributed by atoms with E-state index < -0.39 is 35.3 Å². The number of esters is 1. The summed E-state index contributed by atoms with van der Waals surface area (Å²) < 4.78 is 15.7. The molecular weight excluding hydrogens is 466 g/mol. The summed E-state index contributed by atoms with van der Waals surface area (Å²) in [6, 6.07) is 7.69. The van der Waals surface area contributed by atoms with Crippen LogP contribution in [-0.4, -0.2) is 66.3 Å². The summed E-state index contributed by atoms with van der Waals surface area (Å²) in [4.78, 5) is 51.9. The number of hydrogen-bond donors (Lipinski definition) is 2. The number of amides is 3. The molecule has 4 atom stereocenters. The summed E-state index contributed by atoms with van der Waals surface area (Å²) in [5.74, 6) is -0.976. The number of rotatable bonds is 6. The summed E-state index contributed by atoms with van der Waals surface area (Å²) >= 11 is 0. The fourth-order valence-electron chi connectivity index (χ4n) is 4.62. The molecule has 1 aliphatic heterocycles. The van der Waals surface area contributed by atoms with Gasteiger partial charge >= 0.3 is 18.2 Å². The minimum absolute atomic E-state index is 0.103. The molecule has 10 heteroatoms. The molecule has 2 fully saturated rings. The van der Waals surface area contributed by atoms with Crippen LogP contribution in [0.15, 0.2) is 30.3 Å². The Labute approximate surface area is 212 Å². The summed E-state index contributed by atoms with van der Waals surface area (Å²) in [6.45, 7) is 9.25. The highest BCUT2D eigenvalue weighted by Gasteiger charge is 2.54. The van der Waals surface area contributed by atoms with E-state index in [2.05, 4.69) is 10.6 Å². The Morgan fingerprint density at radius 3 is 2.31 bits per heavy atom. The second-order valence-electron chi connectivity index (χ2n) is 11.0. The highest BCUT2D eigenvalue weighted by molar-refractivity contribution is 5.87. The molecule has 0 radical (unpaired) electrons. The van der Waals surface area contributed by atoms with Crippen molar-refractivity contribution in [1.29, 1.82) is 0 Å². The number of ether oxygens (including phenoxy) is 3. The van der Waals surface area contributed by atoms with Crippen LogP contribution in [0.2, 0.25) is 0 Å². The zero-order valence-electron chi connectivity index (χ0n) is 21.8. The Bertz CT molecular complexity index is 973. The summed E-state index contributed by atoms with van der Waals surface area (Å²) in [5, 5.41) is 5.74. The van der Waals surface area contributed by atoms with Crippen molar-refractivity contribution in [2.75, 3.05) is 13.7 Å². The third kappa shape index (κ3) is 6.47. The molecule has 2 aliphatic rings. The van der Waals surface area contributed by atoms with Crippen LogP contribution in [0.3, 0.4) is 0 Å². The molecule has 2 N–H and O–H groups in total. The average Bonchev–Trinajstić information content (AvgIpc) is 3.23. The lowest BCUT2D eigenvalue weighted by Crippen LogP contribution is -2.62. The lowest BCUT2D eigenvalue weighted by atomic mass is 9.58. The fourth-order valence-corrected chi connectivity index (χ4v) is 4.62. The molecule has 36 heavy (non-hydrogen) atoms. The van der Waals surface area contributed by atoms with Crippen molar-refractivity contribution in [3.05, 3.63) is 35.9 Å². The third-order valence-corrected chi connectivity index (χ3v) is 6.84. The minimum Gasteiger partial charge on any atom is -0.469 e. The van der Waals surface area contributed by atoms with Crippen molar-refractivity contribution in [2.45, 2.75) is 77.8 Å². The van der Waals surface area contributed by atoms with Gasteiger partial charge in [-0.25, -0.2) is 9.59 Å². The number of methoxy groups -OCH3 is 1. The molecule has 1 saturated carbocycles. The number of carbonyl (C=O) groups excluding carboxylic acids is 4. The van der Waals surface area contributed by atoms with E-state index in [9.17, 15) is 19.2 Å². The largest absolute Gasteiger partial charge is 0.469 e. The molecule has 1 aromatic carbocycles. The normalized spacial score (nSPS) is 24.8. The number of hydrogen-bond acceptors (Lipinski definition) is 7. The highest BCUT2D eigenvalue weighted by atomic mass is 16.6. The molecule has 0 unspecified atom stereocenters. The Morgan fingerprint density at radius 1 is 1.06 bits per heavy atom. The molecule has 3 amide bonds. The van der Waals surface area contributed by atoms with Gasteiger partial charge < -0.3 is 24.8 Å². The summed E-state index contributed by atoms with van der Waals surface area (Å²) in [6.07, 6.45) is -0.600. The van der Waals surface area contributed by atoms with E-state index >= 15 is 0 Å². The van der Waals surface area contributed by atoms with Gasteiger partial charge in [-0.05, 0) is 44.6 Å². The molecule has 10 nitrogen and oxygen atoms in total. The Morgan fingerprint density at radius 2 is 1.72 bits per heavy atom. The van der Waals surface area contributed by atoms with Gasteiger partial charge in [-0.1, -0.05) is 44.2 Å². The number of nitrogens with zero attached hydrogens (tertiary/aromatic N) is 1. The van der Waals surface area contributed by atoms with Crippen molar-refractivity contribution in [1.82, 2.24) is 15.5 Å². The SMILES string of the molecule is COC(=O)[C@@H]1C[C@H](NC(=O)[C@@H]2C[C@H](NC(=O)OCc3ccccc3)CN2C(=O)OC(C)(C)C)C1(C)C. The minimum atomic E-state index is -0.841. The lowest BCUT2D eigenvalue weighted by Gasteiger charge is -2.50. The van der Waals surface area contributed by atoms with Gasteiger partial charge in [-0.15, -0.1) is 0 Å². The zero-order valence-corrected chi connectivity index (χ0v) is 21.8. The van der Waals surface area contributed by atoms with Crippen molar-refractivity contribution in [2.24, 2.45) is 11.3 Å². The third-order valence-electron chi connectivity index (χ3n) is 6.84. The van der Waals surface area contributed by atoms with Gasteiger partial charge in [0.25, 0.3) is 0 Å². The molecule has 3 rings (SSSR count). The predicted octanol–water partition coefficient (Wildman–Crippen LogP) is 2.99. The van der Waals surface area contributed by atoms with Gasteiger partial charge in [0.1, 0.15) is 18.2 Å². The van der Waals surface area contributed by atoms with Crippen LogP contribution in [-0.2, 0) is 30.4 Å². The van der Waals surface area contributed by atoms with Gasteiger partial charge in [0.2, 0.25) is 5.91 Å². The first-order valence-electron chi connectivity index (χ1n) is 12.2. The second-order valence-corrected chi connectivity index (χ2v) is 11.0. The Hall–Kier alpha value is -3.30. The predicted molar refractivity (Wildman–Crippen MR) is 131 cm³/mol. The van der Waals surface area contributed by atoms with E-state index in [1.807, 2.05) is 44.2 Å². The van der Waals surface area contributed by atoms with Gasteiger partial charge in [0.05, 0.1) is 19.1 Å². The second kappa shape index (κ2) is 10.8. The maximum atomic E-state index is 13.3. The van der Waals surface area contributed by atoms with Crippen LogP contribution in [0.4, 0.5) is 9.59 Å². The quantitative estimate of drug-likeness (QED) is 0.452. The number of nitrogens with one attached hydrogen (secondary N) is 2. The van der Waals surface area contributed by atoms with Gasteiger partial charge in [-0.3, -0.25) is 14.5 Å². The fraction of sp³-hybridized carbons (Fsp3) is 0.615. The Balaban J connectivity index is 1.64. The highest BCUT2D eigenvalue weighted by Crippen LogP contribution is 2.47. The first-order valence-corrected chi connectivity index (χ1v) is 12.2. The molecule has 198 valence electrons. The number of likely N-dealkylation sites (tertiary alicyclic amines) is 1. The van der Waals surface area contributed by atoms with E-state index in [1.54, 1.807) is 20.8 Å². The average molecular weight is 504 g/mol. The molecule has 0 aromatic heterocycles. The topological polar surface area (TPSA) is 123 Å². The molecule has 1 aromatic rings. The molecule has 1 saturated heterocycles. The summed E-state index contributed by atoms with van der Waals surface area (Å²) in [7, 11) is 1.35. The number of alkyl carbamates (subject to hydrolysis) is 1. The molecule has 1 aliphatic carbocycles. The van der Waals surface area contributed by atoms with Crippen LogP contribution in [0.1, 0.15) is 53.0 Å². The monoisotopic (exact) mass is 503 g/mol. The Kier molecular flexibility index (Phi) is 8.15. The van der Waals surface area contributed by atoms with Gasteiger partial charge in [0.15, 0.2) is 0 Å². The van der Waals surface area contributed by atoms with E-state index in [1.165, 1.54) is 12.0 Å². The number of carbonyl (C=O) groups is 4. The van der Waals surface area contributed by atoms with Crippen molar-refractivity contribution in [3.63, 3.8) is 0 Å². The number of benzene rings is 1. The first-order chi connectivity index (χ1) is 16.8. The van der Waals surface area contributed by atoms with Gasteiger partial charge in [0, 0.05) is 12.6 Å². The van der Waals surface area contributed by atoms with Crippen LogP contribution in [0.25, 0.3) is 0 Å². The van der Waals surface area contributed by atoms with E-state index in [4.69, 9.17) is 14.2 Å². The van der Waals surface area contributed by atoms with E-state index in [0.717, 1.165) is 5.56 Å². The summed E-state index contributed by atoms with van der Waals surface area (Å²) in [5.41, 5.74) is -0.390. The van der Waals surface area contributed by atoms with Crippen molar-refractivity contribution >= 4 is 24.1 Å². The van der Waals surface area contributed by atoms with Crippen molar-refractivity contribution < 1.29 is 33.4 Å². The molecule has 1 heterocycles. The molecular formula is C26H37N3O7.